The molecule has 0 atom stereocenters. The Bertz CT molecular complexity index is 552. The lowest BCUT2D eigenvalue weighted by Crippen LogP contribution is -2.34. The Hall–Kier alpha value is -0.620. The molecule has 4 nitrogen and oxygen atoms in total. The number of benzene rings is 1. The Morgan fingerprint density at radius 3 is 2.30 bits per heavy atom. The summed E-state index contributed by atoms with van der Waals surface area (Å²) in [5.41, 5.74) is 6.36. The van der Waals surface area contributed by atoms with Gasteiger partial charge in [0.25, 0.3) is 0 Å². The summed E-state index contributed by atoms with van der Waals surface area (Å²) in [7, 11) is -3.52. The van der Waals surface area contributed by atoms with E-state index >= 15 is 0 Å². The second-order valence-corrected chi connectivity index (χ2v) is 7.45. The molecular weight excluding hydrogens is 296 g/mol. The molecule has 0 radical (unpaired) electrons. The van der Waals surface area contributed by atoms with Crippen LogP contribution >= 0.6 is 11.6 Å². The molecule has 0 saturated carbocycles. The molecule has 0 aromatic heterocycles. The average Bonchev–Trinajstić information content (AvgIpc) is 2.38. The highest BCUT2D eigenvalue weighted by Crippen LogP contribution is 2.27. The molecule has 112 valence electrons. The maximum absolute atomic E-state index is 12.7. The predicted molar refractivity (Wildman–Crippen MR) is 81.2 cm³/mol. The van der Waals surface area contributed by atoms with Gasteiger partial charge in [0.2, 0.25) is 10.0 Å². The molecule has 1 saturated heterocycles. The van der Waals surface area contributed by atoms with Gasteiger partial charge in [-0.15, -0.1) is 0 Å². The van der Waals surface area contributed by atoms with Crippen molar-refractivity contribution in [2.45, 2.75) is 43.5 Å². The first-order valence-corrected chi connectivity index (χ1v) is 8.86. The summed E-state index contributed by atoms with van der Waals surface area (Å²) in [6, 6.07) is 4.96. The van der Waals surface area contributed by atoms with Gasteiger partial charge in [0.1, 0.15) is 4.90 Å². The van der Waals surface area contributed by atoms with Crippen LogP contribution in [-0.4, -0.2) is 25.8 Å². The van der Waals surface area contributed by atoms with Crippen LogP contribution in [0.5, 0.6) is 0 Å². The number of nitrogens with two attached hydrogens (primary N) is 1. The molecule has 1 aliphatic heterocycles. The fourth-order valence-electron chi connectivity index (χ4n) is 2.47. The van der Waals surface area contributed by atoms with Crippen molar-refractivity contribution in [1.29, 1.82) is 0 Å². The molecule has 0 spiro atoms. The third kappa shape index (κ3) is 3.52. The summed E-state index contributed by atoms with van der Waals surface area (Å²) in [4.78, 5) is 0.183. The van der Waals surface area contributed by atoms with Gasteiger partial charge >= 0.3 is 0 Å². The van der Waals surface area contributed by atoms with Crippen molar-refractivity contribution < 1.29 is 8.42 Å². The van der Waals surface area contributed by atoms with Gasteiger partial charge in [-0.3, -0.25) is 0 Å². The molecule has 2 N–H and O–H groups in total. The van der Waals surface area contributed by atoms with Crippen LogP contribution in [0.25, 0.3) is 0 Å². The SMILES string of the molecule is NCc1ccc(Cl)c(S(=O)(=O)N2CCCCCCC2)c1. The summed E-state index contributed by atoms with van der Waals surface area (Å²) in [5, 5.41) is 0.268. The van der Waals surface area contributed by atoms with E-state index in [4.69, 9.17) is 17.3 Å². The van der Waals surface area contributed by atoms with Crippen molar-refractivity contribution >= 4 is 21.6 Å². The molecule has 0 unspecified atom stereocenters. The largest absolute Gasteiger partial charge is 0.326 e. The Kier molecular flexibility index (Phi) is 5.43. The average molecular weight is 317 g/mol. The summed E-state index contributed by atoms with van der Waals surface area (Å²) in [5.74, 6) is 0. The summed E-state index contributed by atoms with van der Waals surface area (Å²) < 4.78 is 27.0. The number of nitrogens with zero attached hydrogens (tertiary/aromatic N) is 1. The minimum absolute atomic E-state index is 0.183. The molecule has 0 bridgehead atoms. The standard InChI is InChI=1S/C14H21ClN2O2S/c15-13-7-6-12(11-16)10-14(13)20(18,19)17-8-4-2-1-3-5-9-17/h6-7,10H,1-5,8-9,11,16H2. The van der Waals surface area contributed by atoms with Crippen LogP contribution in [0.1, 0.15) is 37.7 Å². The number of hydrogen-bond acceptors (Lipinski definition) is 3. The van der Waals surface area contributed by atoms with E-state index in [0.717, 1.165) is 31.2 Å². The van der Waals surface area contributed by atoms with Crippen LogP contribution in [0.4, 0.5) is 0 Å². The van der Waals surface area contributed by atoms with Gasteiger partial charge in [-0.2, -0.15) is 4.31 Å². The Balaban J connectivity index is 2.32. The van der Waals surface area contributed by atoms with Crippen LogP contribution in [0.15, 0.2) is 23.1 Å². The van der Waals surface area contributed by atoms with Crippen molar-refractivity contribution in [3.8, 4) is 0 Å². The zero-order chi connectivity index (χ0) is 14.6. The molecule has 1 heterocycles. The molecular formula is C14H21ClN2O2S. The maximum atomic E-state index is 12.7. The van der Waals surface area contributed by atoms with Crippen LogP contribution in [0.2, 0.25) is 5.02 Å². The highest BCUT2D eigenvalue weighted by Gasteiger charge is 2.26. The smallest absolute Gasteiger partial charge is 0.244 e. The van der Waals surface area contributed by atoms with Crippen LogP contribution < -0.4 is 5.73 Å². The monoisotopic (exact) mass is 316 g/mol. The lowest BCUT2D eigenvalue weighted by atomic mass is 10.1. The highest BCUT2D eigenvalue weighted by atomic mass is 35.5. The third-order valence-corrected chi connectivity index (χ3v) is 6.04. The highest BCUT2D eigenvalue weighted by molar-refractivity contribution is 7.89. The zero-order valence-electron chi connectivity index (χ0n) is 11.5. The number of hydrogen-bond donors (Lipinski definition) is 1. The zero-order valence-corrected chi connectivity index (χ0v) is 13.1. The van der Waals surface area contributed by atoms with E-state index in [1.807, 2.05) is 0 Å². The lowest BCUT2D eigenvalue weighted by Gasteiger charge is -2.24. The molecule has 0 amide bonds. The Morgan fingerprint density at radius 1 is 1.10 bits per heavy atom. The van der Waals surface area contributed by atoms with E-state index in [2.05, 4.69) is 0 Å². The first-order valence-electron chi connectivity index (χ1n) is 7.04. The second kappa shape index (κ2) is 6.89. The first kappa shape index (κ1) is 15.8. The Morgan fingerprint density at radius 2 is 1.70 bits per heavy atom. The van der Waals surface area contributed by atoms with E-state index in [-0.39, 0.29) is 9.92 Å². The van der Waals surface area contributed by atoms with Gasteiger partial charge in [-0.25, -0.2) is 8.42 Å². The molecule has 6 heteroatoms. The minimum atomic E-state index is -3.52. The molecule has 2 rings (SSSR count). The van der Waals surface area contributed by atoms with Crippen LogP contribution in [0, 0.1) is 0 Å². The summed E-state index contributed by atoms with van der Waals surface area (Å²) >= 11 is 6.08. The molecule has 1 fully saturated rings. The normalized spacial score (nSPS) is 18.5. The molecule has 1 aliphatic rings. The third-order valence-electron chi connectivity index (χ3n) is 3.66. The van der Waals surface area contributed by atoms with Gasteiger partial charge in [-0.1, -0.05) is 36.9 Å². The van der Waals surface area contributed by atoms with Crippen LogP contribution in [-0.2, 0) is 16.6 Å². The van der Waals surface area contributed by atoms with Crippen molar-refractivity contribution in [1.82, 2.24) is 4.31 Å². The topological polar surface area (TPSA) is 63.4 Å². The van der Waals surface area contributed by atoms with Crippen molar-refractivity contribution in [2.75, 3.05) is 13.1 Å². The van der Waals surface area contributed by atoms with Crippen molar-refractivity contribution in [3.05, 3.63) is 28.8 Å². The van der Waals surface area contributed by atoms with Crippen molar-refractivity contribution in [2.24, 2.45) is 5.73 Å². The number of sulfonamides is 1. The van der Waals surface area contributed by atoms with Gasteiger partial charge < -0.3 is 5.73 Å². The summed E-state index contributed by atoms with van der Waals surface area (Å²) in [6.07, 6.45) is 5.18. The van der Waals surface area contributed by atoms with Crippen LogP contribution in [0.3, 0.4) is 0 Å². The van der Waals surface area contributed by atoms with E-state index in [1.54, 1.807) is 22.5 Å². The van der Waals surface area contributed by atoms with E-state index < -0.39 is 10.0 Å². The predicted octanol–water partition coefficient (Wildman–Crippen LogP) is 2.75. The van der Waals surface area contributed by atoms with Gasteiger partial charge in [0.15, 0.2) is 0 Å². The molecule has 20 heavy (non-hydrogen) atoms. The minimum Gasteiger partial charge on any atom is -0.326 e. The Labute approximate surface area is 126 Å². The fourth-order valence-corrected chi connectivity index (χ4v) is 4.51. The van der Waals surface area contributed by atoms with Gasteiger partial charge in [0, 0.05) is 19.6 Å². The van der Waals surface area contributed by atoms with E-state index in [0.29, 0.717) is 19.6 Å². The van der Waals surface area contributed by atoms with Gasteiger partial charge in [0.05, 0.1) is 5.02 Å². The molecule has 1 aromatic carbocycles. The quantitative estimate of drug-likeness (QED) is 0.932. The second-order valence-electron chi connectivity index (χ2n) is 5.14. The number of halogens is 1. The first-order chi connectivity index (χ1) is 9.55. The number of rotatable bonds is 3. The molecule has 0 aliphatic carbocycles. The summed E-state index contributed by atoms with van der Waals surface area (Å²) in [6.45, 7) is 1.46. The van der Waals surface area contributed by atoms with Gasteiger partial charge in [-0.05, 0) is 30.5 Å². The fraction of sp³-hybridized carbons (Fsp3) is 0.571. The van der Waals surface area contributed by atoms with E-state index in [9.17, 15) is 8.42 Å². The molecule has 1 aromatic rings. The maximum Gasteiger partial charge on any atom is 0.244 e. The van der Waals surface area contributed by atoms with E-state index in [1.165, 1.54) is 6.42 Å². The van der Waals surface area contributed by atoms with Crippen molar-refractivity contribution in [3.63, 3.8) is 0 Å². The lowest BCUT2D eigenvalue weighted by molar-refractivity contribution is 0.364.